The van der Waals surface area contributed by atoms with Crippen LogP contribution in [0.4, 0.5) is 0 Å². The van der Waals surface area contributed by atoms with Crippen LogP contribution in [0.1, 0.15) is 45.6 Å². The quantitative estimate of drug-likeness (QED) is 0.629. The Kier molecular flexibility index (Phi) is 5.96. The van der Waals surface area contributed by atoms with Gasteiger partial charge in [0.15, 0.2) is 11.9 Å². The number of aryl methyl sites for hydroxylation is 3. The fourth-order valence-electron chi connectivity index (χ4n) is 3.19. The van der Waals surface area contributed by atoms with Crippen LogP contribution in [0.25, 0.3) is 5.82 Å². The Balaban J connectivity index is 1.65. The largest absolute Gasteiger partial charge is 0.481 e. The van der Waals surface area contributed by atoms with Crippen LogP contribution in [0.5, 0.6) is 5.75 Å². The zero-order chi connectivity index (χ0) is 22.0. The molecule has 0 saturated carbocycles. The Bertz CT molecular complexity index is 1100. The lowest BCUT2D eigenvalue weighted by atomic mass is 10.1. The number of rotatable bonds is 5. The first-order chi connectivity index (χ1) is 14.2. The summed E-state index contributed by atoms with van der Waals surface area (Å²) in [5.41, 5.74) is 8.86. The van der Waals surface area contributed by atoms with Gasteiger partial charge in [-0.1, -0.05) is 17.3 Å². The molecule has 158 valence electrons. The summed E-state index contributed by atoms with van der Waals surface area (Å²) >= 11 is 0. The molecule has 0 aliphatic rings. The highest BCUT2D eigenvalue weighted by molar-refractivity contribution is 5.97. The molecule has 0 radical (unpaired) electrons. The van der Waals surface area contributed by atoms with Gasteiger partial charge >= 0.3 is 0 Å². The number of hydrogen-bond donors (Lipinski definition) is 2. The fraction of sp³-hybridized carbons (Fsp3) is 0.318. The second kappa shape index (κ2) is 8.44. The minimum absolute atomic E-state index is 0.427. The monoisotopic (exact) mass is 410 g/mol. The predicted octanol–water partition coefficient (Wildman–Crippen LogP) is 3.24. The highest BCUT2D eigenvalue weighted by Crippen LogP contribution is 2.22. The first-order valence-electron chi connectivity index (χ1n) is 9.64. The summed E-state index contributed by atoms with van der Waals surface area (Å²) < 4.78 is 12.7. The Labute approximate surface area is 175 Å². The number of aromatic nitrogens is 2. The Morgan fingerprint density at radius 3 is 2.50 bits per heavy atom. The number of nitrogens with zero attached hydrogens (tertiary/aromatic N) is 2. The van der Waals surface area contributed by atoms with Crippen molar-refractivity contribution in [2.75, 3.05) is 0 Å². The summed E-state index contributed by atoms with van der Waals surface area (Å²) in [6, 6.07) is 9.18. The number of hydrazine groups is 1. The van der Waals surface area contributed by atoms with Gasteiger partial charge < -0.3 is 9.26 Å². The molecule has 1 unspecified atom stereocenters. The maximum absolute atomic E-state index is 12.6. The molecule has 2 amide bonds. The van der Waals surface area contributed by atoms with Crippen LogP contribution in [-0.2, 0) is 4.79 Å². The van der Waals surface area contributed by atoms with E-state index in [9.17, 15) is 9.59 Å². The third-order valence-electron chi connectivity index (χ3n) is 5.05. The summed E-state index contributed by atoms with van der Waals surface area (Å²) in [4.78, 5) is 25.0. The lowest BCUT2D eigenvalue weighted by Gasteiger charge is -2.17. The van der Waals surface area contributed by atoms with E-state index in [2.05, 4.69) is 16.0 Å². The van der Waals surface area contributed by atoms with Gasteiger partial charge in [-0.15, -0.1) is 0 Å². The van der Waals surface area contributed by atoms with E-state index in [0.29, 0.717) is 28.6 Å². The van der Waals surface area contributed by atoms with Gasteiger partial charge in [0.05, 0.1) is 5.56 Å². The average Bonchev–Trinajstić information content (AvgIpc) is 3.25. The van der Waals surface area contributed by atoms with Crippen molar-refractivity contribution in [2.45, 2.75) is 47.6 Å². The highest BCUT2D eigenvalue weighted by Gasteiger charge is 2.21. The maximum atomic E-state index is 12.6. The fourth-order valence-corrected chi connectivity index (χ4v) is 3.19. The van der Waals surface area contributed by atoms with Crippen molar-refractivity contribution in [1.82, 2.24) is 20.6 Å². The lowest BCUT2D eigenvalue weighted by molar-refractivity contribution is -0.128. The normalized spacial score (nSPS) is 11.8. The molecule has 2 heterocycles. The SMILES string of the molecule is Cc1cc(-n2c(C)cc(C(=O)NNC(=O)C(C)Oc3cccc(C)c3C)c2C)no1. The Morgan fingerprint density at radius 2 is 1.83 bits per heavy atom. The molecule has 2 aromatic heterocycles. The number of amides is 2. The van der Waals surface area contributed by atoms with Gasteiger partial charge in [-0.3, -0.25) is 25.0 Å². The van der Waals surface area contributed by atoms with E-state index >= 15 is 0 Å². The summed E-state index contributed by atoms with van der Waals surface area (Å²) in [7, 11) is 0. The van der Waals surface area contributed by atoms with Crippen molar-refractivity contribution in [3.8, 4) is 11.6 Å². The molecule has 8 nitrogen and oxygen atoms in total. The van der Waals surface area contributed by atoms with Crippen LogP contribution >= 0.6 is 0 Å². The molecule has 0 aliphatic carbocycles. The van der Waals surface area contributed by atoms with E-state index in [1.807, 2.05) is 43.5 Å². The van der Waals surface area contributed by atoms with E-state index < -0.39 is 17.9 Å². The Morgan fingerprint density at radius 1 is 1.10 bits per heavy atom. The van der Waals surface area contributed by atoms with Crippen LogP contribution < -0.4 is 15.6 Å². The molecule has 3 rings (SSSR count). The smallest absolute Gasteiger partial charge is 0.279 e. The van der Waals surface area contributed by atoms with Gasteiger partial charge in [-0.2, -0.15) is 0 Å². The molecule has 1 atom stereocenters. The second-order valence-electron chi connectivity index (χ2n) is 7.32. The zero-order valence-corrected chi connectivity index (χ0v) is 18.0. The minimum Gasteiger partial charge on any atom is -0.481 e. The molecule has 0 spiro atoms. The van der Waals surface area contributed by atoms with Crippen molar-refractivity contribution in [3.63, 3.8) is 0 Å². The third kappa shape index (κ3) is 4.22. The predicted molar refractivity (Wildman–Crippen MR) is 112 cm³/mol. The topological polar surface area (TPSA) is 98.4 Å². The molecule has 30 heavy (non-hydrogen) atoms. The molecule has 8 heteroatoms. The van der Waals surface area contributed by atoms with Crippen molar-refractivity contribution in [1.29, 1.82) is 0 Å². The van der Waals surface area contributed by atoms with Gasteiger partial charge in [0, 0.05) is 17.5 Å². The molecule has 0 bridgehead atoms. The first kappa shape index (κ1) is 21.2. The van der Waals surface area contributed by atoms with Crippen LogP contribution in [-0.4, -0.2) is 27.6 Å². The number of nitrogens with one attached hydrogen (secondary N) is 2. The van der Waals surface area contributed by atoms with Gasteiger partial charge in [0.2, 0.25) is 0 Å². The first-order valence-corrected chi connectivity index (χ1v) is 9.64. The number of carbonyl (C=O) groups excluding carboxylic acids is 2. The van der Waals surface area contributed by atoms with E-state index in [4.69, 9.17) is 9.26 Å². The van der Waals surface area contributed by atoms with Crippen LogP contribution in [0.2, 0.25) is 0 Å². The van der Waals surface area contributed by atoms with Gasteiger partial charge in [0.1, 0.15) is 11.5 Å². The summed E-state index contributed by atoms with van der Waals surface area (Å²) in [5.74, 6) is 1.03. The zero-order valence-electron chi connectivity index (χ0n) is 18.0. The average molecular weight is 410 g/mol. The van der Waals surface area contributed by atoms with Crippen molar-refractivity contribution in [2.24, 2.45) is 0 Å². The van der Waals surface area contributed by atoms with Crippen LogP contribution in [0.15, 0.2) is 34.9 Å². The van der Waals surface area contributed by atoms with Gasteiger partial charge in [-0.05, 0) is 64.8 Å². The standard InChI is InChI=1S/C22H26N4O4/c1-12-8-7-9-19(15(12)4)29-17(6)21(27)23-24-22(28)18-10-13(2)26(16(18)5)20-11-14(3)30-25-20/h7-11,17H,1-6H3,(H,23,27)(H,24,28). The number of hydrogen-bond acceptors (Lipinski definition) is 5. The second-order valence-corrected chi connectivity index (χ2v) is 7.32. The molecular formula is C22H26N4O4. The minimum atomic E-state index is -0.781. The molecular weight excluding hydrogens is 384 g/mol. The van der Waals surface area contributed by atoms with Crippen molar-refractivity contribution in [3.05, 3.63) is 64.2 Å². The number of ether oxygens (including phenoxy) is 1. The number of benzene rings is 1. The van der Waals surface area contributed by atoms with Gasteiger partial charge in [0.25, 0.3) is 11.8 Å². The van der Waals surface area contributed by atoms with Crippen molar-refractivity contribution >= 4 is 11.8 Å². The summed E-state index contributed by atoms with van der Waals surface area (Å²) in [6.45, 7) is 11.0. The molecule has 3 aromatic rings. The Hall–Kier alpha value is -3.55. The molecule has 0 saturated heterocycles. The van der Waals surface area contributed by atoms with E-state index in [0.717, 1.165) is 16.8 Å². The number of carbonyl (C=O) groups is 2. The van der Waals surface area contributed by atoms with Gasteiger partial charge in [-0.25, -0.2) is 0 Å². The summed E-state index contributed by atoms with van der Waals surface area (Å²) in [5, 5.41) is 4.00. The van der Waals surface area contributed by atoms with Crippen LogP contribution in [0, 0.1) is 34.6 Å². The summed E-state index contributed by atoms with van der Waals surface area (Å²) in [6.07, 6.45) is -0.781. The molecule has 0 fully saturated rings. The molecule has 0 aliphatic heterocycles. The molecule has 2 N–H and O–H groups in total. The van der Waals surface area contributed by atoms with E-state index in [1.54, 1.807) is 32.9 Å². The van der Waals surface area contributed by atoms with Crippen molar-refractivity contribution < 1.29 is 18.8 Å². The highest BCUT2D eigenvalue weighted by atomic mass is 16.5. The maximum Gasteiger partial charge on any atom is 0.279 e. The third-order valence-corrected chi connectivity index (χ3v) is 5.05. The van der Waals surface area contributed by atoms with Crippen LogP contribution in [0.3, 0.4) is 0 Å². The van der Waals surface area contributed by atoms with E-state index in [-0.39, 0.29) is 0 Å². The lowest BCUT2D eigenvalue weighted by Crippen LogP contribution is -2.47. The van der Waals surface area contributed by atoms with E-state index in [1.165, 1.54) is 0 Å². The molecule has 1 aromatic carbocycles.